The van der Waals surface area contributed by atoms with Crippen molar-refractivity contribution >= 4 is 10.0 Å². The van der Waals surface area contributed by atoms with Crippen molar-refractivity contribution in [3.8, 4) is 0 Å². The summed E-state index contributed by atoms with van der Waals surface area (Å²) in [6.07, 6.45) is 11.9. The lowest BCUT2D eigenvalue weighted by molar-refractivity contribution is 0.292. The Morgan fingerprint density at radius 1 is 1.22 bits per heavy atom. The van der Waals surface area contributed by atoms with Gasteiger partial charge in [-0.3, -0.25) is 9.67 Å². The average molecular weight is 334 g/mol. The van der Waals surface area contributed by atoms with Gasteiger partial charge in [-0.15, -0.1) is 0 Å². The van der Waals surface area contributed by atoms with Crippen LogP contribution in [0.5, 0.6) is 0 Å². The second-order valence-electron chi connectivity index (χ2n) is 6.25. The number of nitrogens with one attached hydrogen (secondary N) is 1. The van der Waals surface area contributed by atoms with Crippen molar-refractivity contribution in [1.82, 2.24) is 19.5 Å². The third-order valence-corrected chi connectivity index (χ3v) is 6.05. The normalized spacial score (nSPS) is 18.0. The van der Waals surface area contributed by atoms with Crippen LogP contribution in [0.3, 0.4) is 0 Å². The molecule has 2 aromatic rings. The number of nitrogens with zero attached hydrogens (tertiary/aromatic N) is 3. The van der Waals surface area contributed by atoms with Gasteiger partial charge in [-0.1, -0.05) is 19.3 Å². The Hall–Kier alpha value is -1.73. The first kappa shape index (κ1) is 16.1. The van der Waals surface area contributed by atoms with Crippen molar-refractivity contribution in [2.75, 3.05) is 6.54 Å². The topological polar surface area (TPSA) is 76.9 Å². The first-order chi connectivity index (χ1) is 11.0. The highest BCUT2D eigenvalue weighted by Crippen LogP contribution is 2.39. The molecule has 0 amide bonds. The largest absolute Gasteiger partial charge is 0.274 e. The van der Waals surface area contributed by atoms with Gasteiger partial charge in [-0.05, 0) is 30.5 Å². The fourth-order valence-corrected chi connectivity index (χ4v) is 4.47. The molecule has 0 saturated heterocycles. The van der Waals surface area contributed by atoms with Gasteiger partial charge in [0.15, 0.2) is 0 Å². The van der Waals surface area contributed by atoms with Crippen LogP contribution in [-0.4, -0.2) is 29.7 Å². The summed E-state index contributed by atoms with van der Waals surface area (Å²) in [5.74, 6) is 0. The number of hydrogen-bond donors (Lipinski definition) is 1. The summed E-state index contributed by atoms with van der Waals surface area (Å²) in [5, 5.41) is 3.94. The molecule has 2 heterocycles. The predicted octanol–water partition coefficient (Wildman–Crippen LogP) is 2.00. The molecule has 0 aliphatic heterocycles. The lowest BCUT2D eigenvalue weighted by atomic mass is 9.70. The van der Waals surface area contributed by atoms with E-state index in [4.69, 9.17) is 0 Å². The Balaban J connectivity index is 1.82. The molecule has 1 aliphatic carbocycles. The van der Waals surface area contributed by atoms with Gasteiger partial charge in [0.2, 0.25) is 10.0 Å². The minimum Gasteiger partial charge on any atom is -0.274 e. The number of aryl methyl sites for hydroxylation is 1. The van der Waals surface area contributed by atoms with Crippen LogP contribution in [0.25, 0.3) is 0 Å². The van der Waals surface area contributed by atoms with E-state index >= 15 is 0 Å². The van der Waals surface area contributed by atoms with Gasteiger partial charge in [0.1, 0.15) is 4.90 Å². The van der Waals surface area contributed by atoms with Crippen LogP contribution >= 0.6 is 0 Å². The molecule has 7 heteroatoms. The number of pyridine rings is 1. The van der Waals surface area contributed by atoms with Gasteiger partial charge in [-0.2, -0.15) is 5.10 Å². The monoisotopic (exact) mass is 334 g/mol. The molecule has 6 nitrogen and oxygen atoms in total. The SMILES string of the molecule is Cn1cc(S(=O)(=O)NCC2(c3ccncc3)CCCCC2)cn1. The van der Waals surface area contributed by atoms with E-state index in [0.717, 1.165) is 25.7 Å². The van der Waals surface area contributed by atoms with Crippen molar-refractivity contribution in [3.05, 3.63) is 42.5 Å². The lowest BCUT2D eigenvalue weighted by Crippen LogP contribution is -2.42. The van der Waals surface area contributed by atoms with E-state index in [1.807, 2.05) is 12.1 Å². The summed E-state index contributed by atoms with van der Waals surface area (Å²) in [4.78, 5) is 4.29. The maximum absolute atomic E-state index is 12.5. The highest BCUT2D eigenvalue weighted by Gasteiger charge is 2.35. The van der Waals surface area contributed by atoms with Crippen LogP contribution in [0, 0.1) is 0 Å². The molecular formula is C16H22N4O2S. The summed E-state index contributed by atoms with van der Waals surface area (Å²) >= 11 is 0. The van der Waals surface area contributed by atoms with Crippen LogP contribution in [0.4, 0.5) is 0 Å². The fourth-order valence-electron chi connectivity index (χ4n) is 3.36. The summed E-state index contributed by atoms with van der Waals surface area (Å²) < 4.78 is 29.3. The van der Waals surface area contributed by atoms with Crippen molar-refractivity contribution < 1.29 is 8.42 Å². The summed E-state index contributed by atoms with van der Waals surface area (Å²) in [5.41, 5.74) is 1.03. The molecular weight excluding hydrogens is 312 g/mol. The first-order valence-corrected chi connectivity index (χ1v) is 9.39. The number of rotatable bonds is 5. The Labute approximate surface area is 137 Å². The molecule has 2 aromatic heterocycles. The Bertz CT molecular complexity index is 749. The van der Waals surface area contributed by atoms with Crippen LogP contribution in [-0.2, 0) is 22.5 Å². The van der Waals surface area contributed by atoms with E-state index in [0.29, 0.717) is 6.54 Å². The molecule has 1 N–H and O–H groups in total. The van der Waals surface area contributed by atoms with Crippen molar-refractivity contribution in [2.24, 2.45) is 7.05 Å². The molecule has 0 aromatic carbocycles. The Morgan fingerprint density at radius 2 is 1.91 bits per heavy atom. The number of hydrogen-bond acceptors (Lipinski definition) is 4. The van der Waals surface area contributed by atoms with Crippen molar-refractivity contribution in [3.63, 3.8) is 0 Å². The van der Waals surface area contributed by atoms with E-state index in [-0.39, 0.29) is 10.3 Å². The van der Waals surface area contributed by atoms with E-state index in [1.165, 1.54) is 29.1 Å². The molecule has 1 saturated carbocycles. The zero-order valence-corrected chi connectivity index (χ0v) is 14.1. The molecule has 0 atom stereocenters. The minimum atomic E-state index is -3.53. The highest BCUT2D eigenvalue weighted by atomic mass is 32.2. The van der Waals surface area contributed by atoms with E-state index < -0.39 is 10.0 Å². The average Bonchev–Trinajstić information content (AvgIpc) is 3.02. The quantitative estimate of drug-likeness (QED) is 0.907. The molecule has 1 fully saturated rings. The molecule has 124 valence electrons. The first-order valence-electron chi connectivity index (χ1n) is 7.91. The van der Waals surface area contributed by atoms with Crippen molar-refractivity contribution in [1.29, 1.82) is 0 Å². The van der Waals surface area contributed by atoms with Gasteiger partial charge in [-0.25, -0.2) is 13.1 Å². The predicted molar refractivity (Wildman–Crippen MR) is 87.4 cm³/mol. The molecule has 3 rings (SSSR count). The van der Waals surface area contributed by atoms with Crippen LogP contribution in [0.15, 0.2) is 41.8 Å². The van der Waals surface area contributed by atoms with Gasteiger partial charge in [0, 0.05) is 37.6 Å². The number of aromatic nitrogens is 3. The molecule has 1 aliphatic rings. The number of sulfonamides is 1. The molecule has 0 spiro atoms. The zero-order valence-electron chi connectivity index (χ0n) is 13.3. The smallest absolute Gasteiger partial charge is 0.243 e. The molecule has 0 unspecified atom stereocenters. The Kier molecular flexibility index (Phi) is 4.50. The van der Waals surface area contributed by atoms with Gasteiger partial charge < -0.3 is 0 Å². The summed E-state index contributed by atoms with van der Waals surface area (Å²) in [6, 6.07) is 4.01. The second kappa shape index (κ2) is 6.41. The minimum absolute atomic E-state index is 0.142. The maximum atomic E-state index is 12.5. The van der Waals surface area contributed by atoms with Gasteiger partial charge in [0.05, 0.1) is 6.20 Å². The summed E-state index contributed by atoms with van der Waals surface area (Å²) in [6.45, 7) is 0.411. The van der Waals surface area contributed by atoms with E-state index in [1.54, 1.807) is 19.4 Å². The van der Waals surface area contributed by atoms with Crippen molar-refractivity contribution in [2.45, 2.75) is 42.4 Å². The maximum Gasteiger partial charge on any atom is 0.243 e. The molecule has 0 bridgehead atoms. The zero-order chi connectivity index (χ0) is 16.3. The highest BCUT2D eigenvalue weighted by molar-refractivity contribution is 7.89. The lowest BCUT2D eigenvalue weighted by Gasteiger charge is -2.37. The third-order valence-electron chi connectivity index (χ3n) is 4.70. The Morgan fingerprint density at radius 3 is 2.52 bits per heavy atom. The van der Waals surface area contributed by atoms with Crippen LogP contribution in [0.2, 0.25) is 0 Å². The second-order valence-corrected chi connectivity index (χ2v) is 8.02. The summed E-state index contributed by atoms with van der Waals surface area (Å²) in [7, 11) is -1.83. The van der Waals surface area contributed by atoms with Crippen LogP contribution < -0.4 is 4.72 Å². The molecule has 23 heavy (non-hydrogen) atoms. The van der Waals surface area contributed by atoms with E-state index in [2.05, 4.69) is 14.8 Å². The third kappa shape index (κ3) is 3.45. The fraction of sp³-hybridized carbons (Fsp3) is 0.500. The molecule has 0 radical (unpaired) electrons. The van der Waals surface area contributed by atoms with Gasteiger partial charge in [0.25, 0.3) is 0 Å². The standard InChI is InChI=1S/C16H22N4O2S/c1-20-12-15(11-18-20)23(21,22)19-13-16(7-3-2-4-8-16)14-5-9-17-10-6-14/h5-6,9-12,19H,2-4,7-8,13H2,1H3. The van der Waals surface area contributed by atoms with Gasteiger partial charge >= 0.3 is 0 Å². The van der Waals surface area contributed by atoms with E-state index in [9.17, 15) is 8.42 Å². The van der Waals surface area contributed by atoms with Crippen LogP contribution in [0.1, 0.15) is 37.7 Å².